The first kappa shape index (κ1) is 22.0. The third kappa shape index (κ3) is 4.84. The van der Waals surface area contributed by atoms with Gasteiger partial charge in [-0.3, -0.25) is 9.69 Å². The first-order valence-electron chi connectivity index (χ1n) is 10.8. The Bertz CT molecular complexity index is 902. The molecule has 0 aromatic heterocycles. The molecule has 4 rings (SSSR count). The highest BCUT2D eigenvalue weighted by Crippen LogP contribution is 2.46. The van der Waals surface area contributed by atoms with E-state index < -0.39 is 16.8 Å². The fourth-order valence-corrected chi connectivity index (χ4v) is 5.73. The van der Waals surface area contributed by atoms with Crippen molar-refractivity contribution in [3.8, 4) is 5.75 Å². The Morgan fingerprint density at radius 3 is 2.61 bits per heavy atom. The minimum atomic E-state index is -1.30. The molecule has 2 aliphatic rings. The Morgan fingerprint density at radius 1 is 1.16 bits per heavy atom. The summed E-state index contributed by atoms with van der Waals surface area (Å²) in [7, 11) is 0. The normalized spacial score (nSPS) is 24.2. The average Bonchev–Trinajstić information content (AvgIpc) is 2.92. The van der Waals surface area contributed by atoms with Gasteiger partial charge in [-0.05, 0) is 56.1 Å². The lowest BCUT2D eigenvalue weighted by Gasteiger charge is -2.37. The number of aryl methyl sites for hydroxylation is 1. The second-order valence-corrected chi connectivity index (χ2v) is 9.71. The molecule has 1 saturated heterocycles. The van der Waals surface area contributed by atoms with E-state index in [9.17, 15) is 15.0 Å². The highest BCUT2D eigenvalue weighted by atomic mass is 32.2. The van der Waals surface area contributed by atoms with Gasteiger partial charge in [-0.15, -0.1) is 11.8 Å². The Morgan fingerprint density at radius 2 is 1.90 bits per heavy atom. The molecular weight excluding hydrogens is 412 g/mol. The molecule has 0 unspecified atom stereocenters. The van der Waals surface area contributed by atoms with Crippen LogP contribution in [0.5, 0.6) is 5.75 Å². The van der Waals surface area contributed by atoms with E-state index in [0.29, 0.717) is 18.6 Å². The first-order valence-corrected chi connectivity index (χ1v) is 11.7. The van der Waals surface area contributed by atoms with Gasteiger partial charge >= 0.3 is 5.97 Å². The summed E-state index contributed by atoms with van der Waals surface area (Å²) in [6, 6.07) is 16.2. The number of para-hydroxylation sites is 1. The van der Waals surface area contributed by atoms with Crippen molar-refractivity contribution < 1.29 is 19.7 Å². The molecule has 0 amide bonds. The molecule has 1 fully saturated rings. The van der Waals surface area contributed by atoms with Gasteiger partial charge in [0.05, 0.1) is 4.90 Å². The Kier molecular flexibility index (Phi) is 6.74. The summed E-state index contributed by atoms with van der Waals surface area (Å²) in [5.41, 5.74) is 2.29. The van der Waals surface area contributed by atoms with Crippen LogP contribution >= 0.6 is 11.8 Å². The molecule has 7 heteroatoms. The first-order chi connectivity index (χ1) is 15.0. The number of aliphatic carboxylic acids is 1. The number of nitrogens with zero attached hydrogens (tertiary/aromatic N) is 2. The van der Waals surface area contributed by atoms with E-state index in [1.54, 1.807) is 0 Å². The number of hydrogen-bond donors (Lipinski definition) is 2. The van der Waals surface area contributed by atoms with Crippen LogP contribution in [0.4, 0.5) is 5.69 Å². The highest BCUT2D eigenvalue weighted by Gasteiger charge is 2.48. The van der Waals surface area contributed by atoms with Gasteiger partial charge in [0.25, 0.3) is 0 Å². The maximum atomic E-state index is 12.4. The molecule has 0 radical (unpaired) electrons. The molecule has 0 aliphatic carbocycles. The zero-order valence-electron chi connectivity index (χ0n) is 17.9. The summed E-state index contributed by atoms with van der Waals surface area (Å²) in [4.78, 5) is 17.9. The highest BCUT2D eigenvalue weighted by molar-refractivity contribution is 8.01. The SMILES string of the molecule is Cc1ccc2c(c1)S[C@](CCCN1CCN(c3ccccc3)CC1)(C(=O)O)[C@@H](O)CO2. The number of benzene rings is 2. The molecule has 0 bridgehead atoms. The van der Waals surface area contributed by atoms with Crippen LogP contribution in [0, 0.1) is 6.92 Å². The number of hydrogen-bond acceptors (Lipinski definition) is 6. The molecule has 2 atom stereocenters. The quantitative estimate of drug-likeness (QED) is 0.711. The van der Waals surface area contributed by atoms with Crippen LogP contribution in [0.3, 0.4) is 0 Å². The summed E-state index contributed by atoms with van der Waals surface area (Å²) >= 11 is 1.24. The Balaban J connectivity index is 1.37. The number of carbonyl (C=O) groups is 1. The van der Waals surface area contributed by atoms with Crippen molar-refractivity contribution in [2.75, 3.05) is 44.2 Å². The van der Waals surface area contributed by atoms with E-state index in [1.165, 1.54) is 17.4 Å². The number of fused-ring (bicyclic) bond motifs is 1. The largest absolute Gasteiger partial charge is 0.490 e. The van der Waals surface area contributed by atoms with Crippen molar-refractivity contribution in [2.24, 2.45) is 0 Å². The Labute approximate surface area is 187 Å². The molecular formula is C24H30N2O4S. The van der Waals surface area contributed by atoms with Gasteiger partial charge in [0.2, 0.25) is 0 Å². The number of anilines is 1. The molecule has 2 aliphatic heterocycles. The molecule has 0 spiro atoms. The number of aliphatic hydroxyl groups is 1. The lowest BCUT2D eigenvalue weighted by molar-refractivity contribution is -0.144. The van der Waals surface area contributed by atoms with Crippen molar-refractivity contribution in [3.05, 3.63) is 54.1 Å². The predicted octanol–water partition coefficient (Wildman–Crippen LogP) is 3.27. The van der Waals surface area contributed by atoms with Crippen molar-refractivity contribution >= 4 is 23.4 Å². The van der Waals surface area contributed by atoms with Crippen molar-refractivity contribution in [1.29, 1.82) is 0 Å². The lowest BCUT2D eigenvalue weighted by atomic mass is 9.95. The summed E-state index contributed by atoms with van der Waals surface area (Å²) in [6.07, 6.45) is 0.0322. The van der Waals surface area contributed by atoms with Crippen molar-refractivity contribution in [1.82, 2.24) is 4.90 Å². The van der Waals surface area contributed by atoms with Crippen LogP contribution in [-0.4, -0.2) is 71.3 Å². The summed E-state index contributed by atoms with van der Waals surface area (Å²) in [5, 5.41) is 20.9. The Hall–Kier alpha value is -2.22. The zero-order valence-corrected chi connectivity index (χ0v) is 18.7. The number of aliphatic hydroxyl groups excluding tert-OH is 1. The third-order valence-electron chi connectivity index (χ3n) is 6.20. The summed E-state index contributed by atoms with van der Waals surface area (Å²) in [6.45, 7) is 6.63. The monoisotopic (exact) mass is 442 g/mol. The molecule has 2 aromatic rings. The minimum absolute atomic E-state index is 0.00882. The topological polar surface area (TPSA) is 73.2 Å². The maximum absolute atomic E-state index is 12.4. The van der Waals surface area contributed by atoms with E-state index in [2.05, 4.69) is 34.1 Å². The molecule has 6 nitrogen and oxygen atoms in total. The standard InChI is InChI=1S/C24H30N2O4S/c1-18-8-9-20-21(16-18)31-24(23(28)29,22(27)17-30-20)10-5-11-25-12-14-26(15-13-25)19-6-3-2-4-7-19/h2-4,6-9,16,22,27H,5,10-15,17H2,1H3,(H,28,29)/t22-,24-/m0/s1. The number of ether oxygens (including phenoxy) is 1. The third-order valence-corrected chi connectivity index (χ3v) is 7.76. The molecule has 2 heterocycles. The fourth-order valence-electron chi connectivity index (χ4n) is 4.33. The van der Waals surface area contributed by atoms with Crippen molar-refractivity contribution in [3.63, 3.8) is 0 Å². The summed E-state index contributed by atoms with van der Waals surface area (Å²) in [5.74, 6) is -0.327. The van der Waals surface area contributed by atoms with Gasteiger partial charge in [-0.1, -0.05) is 24.3 Å². The minimum Gasteiger partial charge on any atom is -0.490 e. The van der Waals surface area contributed by atoms with Crippen LogP contribution in [0.2, 0.25) is 0 Å². The number of rotatable bonds is 6. The number of carboxylic acids is 1. The van der Waals surface area contributed by atoms with Crippen LogP contribution in [0.15, 0.2) is 53.4 Å². The van der Waals surface area contributed by atoms with E-state index in [-0.39, 0.29) is 6.61 Å². The van der Waals surface area contributed by atoms with E-state index in [4.69, 9.17) is 4.74 Å². The molecule has 166 valence electrons. The average molecular weight is 443 g/mol. The number of thioether (sulfide) groups is 1. The number of carboxylic acid groups (broad SMARTS) is 1. The van der Waals surface area contributed by atoms with E-state index in [0.717, 1.165) is 43.2 Å². The van der Waals surface area contributed by atoms with Crippen LogP contribution < -0.4 is 9.64 Å². The second kappa shape index (κ2) is 9.51. The predicted molar refractivity (Wildman–Crippen MR) is 123 cm³/mol. The van der Waals surface area contributed by atoms with Gasteiger partial charge in [-0.25, -0.2) is 0 Å². The molecule has 31 heavy (non-hydrogen) atoms. The van der Waals surface area contributed by atoms with E-state index >= 15 is 0 Å². The molecule has 2 N–H and O–H groups in total. The van der Waals surface area contributed by atoms with Crippen LogP contribution in [0.25, 0.3) is 0 Å². The van der Waals surface area contributed by atoms with E-state index in [1.807, 2.05) is 31.2 Å². The van der Waals surface area contributed by atoms with Crippen LogP contribution in [0.1, 0.15) is 18.4 Å². The van der Waals surface area contributed by atoms with Gasteiger partial charge in [0.15, 0.2) is 0 Å². The van der Waals surface area contributed by atoms with Crippen molar-refractivity contribution in [2.45, 2.75) is 35.5 Å². The van der Waals surface area contributed by atoms with Crippen LogP contribution in [-0.2, 0) is 4.79 Å². The second-order valence-electron chi connectivity index (χ2n) is 8.34. The smallest absolute Gasteiger partial charge is 0.322 e. The summed E-state index contributed by atoms with van der Waals surface area (Å²) < 4.78 is 4.42. The molecule has 0 saturated carbocycles. The zero-order chi connectivity index (χ0) is 21.8. The lowest BCUT2D eigenvalue weighted by Crippen LogP contribution is -2.50. The number of piperazine rings is 1. The fraction of sp³-hybridized carbons (Fsp3) is 0.458. The van der Waals surface area contributed by atoms with Gasteiger partial charge in [-0.2, -0.15) is 0 Å². The van der Waals surface area contributed by atoms with Gasteiger partial charge in [0.1, 0.15) is 23.2 Å². The van der Waals surface area contributed by atoms with Gasteiger partial charge in [0, 0.05) is 31.9 Å². The maximum Gasteiger partial charge on any atom is 0.322 e. The van der Waals surface area contributed by atoms with Gasteiger partial charge < -0.3 is 19.8 Å². The molecule has 2 aromatic carbocycles.